The Balaban J connectivity index is 2.03. The first kappa shape index (κ1) is 12.8. The van der Waals surface area contributed by atoms with Gasteiger partial charge in [-0.25, -0.2) is 9.97 Å². The van der Waals surface area contributed by atoms with Crippen LogP contribution in [0.25, 0.3) is 10.2 Å². The summed E-state index contributed by atoms with van der Waals surface area (Å²) in [5.74, 6) is 1.05. The molecule has 0 aromatic carbocycles. The molecule has 2 aromatic rings. The number of fused-ring (bicyclic) bond motifs is 1. The molecule has 102 valence electrons. The lowest BCUT2D eigenvalue weighted by Crippen LogP contribution is -2.55. The maximum absolute atomic E-state index is 5.93. The second-order valence-corrected chi connectivity index (χ2v) is 6.02. The number of thiophene rings is 1. The second kappa shape index (κ2) is 5.03. The largest absolute Gasteiger partial charge is 0.348 e. The number of hydrogen-bond donors (Lipinski definition) is 1. The highest BCUT2D eigenvalue weighted by atomic mass is 32.1. The van der Waals surface area contributed by atoms with Gasteiger partial charge in [0, 0.05) is 26.2 Å². The Morgan fingerprint density at radius 2 is 2.26 bits per heavy atom. The minimum Gasteiger partial charge on any atom is -0.348 e. The fourth-order valence-electron chi connectivity index (χ4n) is 2.65. The Hall–Kier alpha value is -1.24. The zero-order valence-electron chi connectivity index (χ0n) is 11.3. The van der Waals surface area contributed by atoms with E-state index in [0.29, 0.717) is 12.6 Å². The molecule has 0 bridgehead atoms. The molecule has 6 heteroatoms. The molecule has 19 heavy (non-hydrogen) atoms. The van der Waals surface area contributed by atoms with Gasteiger partial charge in [-0.15, -0.1) is 11.3 Å². The molecule has 1 aliphatic rings. The van der Waals surface area contributed by atoms with Crippen LogP contribution < -0.4 is 10.6 Å². The monoisotopic (exact) mass is 277 g/mol. The highest BCUT2D eigenvalue weighted by Gasteiger charge is 2.27. The molecule has 0 aliphatic carbocycles. The highest BCUT2D eigenvalue weighted by Crippen LogP contribution is 2.32. The minimum absolute atomic E-state index is 0.333. The first-order chi connectivity index (χ1) is 9.20. The third kappa shape index (κ3) is 2.20. The molecule has 0 spiro atoms. The lowest BCUT2D eigenvalue weighted by molar-refractivity contribution is 0.269. The van der Waals surface area contributed by atoms with E-state index >= 15 is 0 Å². The fraction of sp³-hybridized carbons (Fsp3) is 0.538. The molecular formula is C13H19N5S. The van der Waals surface area contributed by atoms with E-state index < -0.39 is 0 Å². The van der Waals surface area contributed by atoms with Crippen molar-refractivity contribution in [2.24, 2.45) is 5.73 Å². The van der Waals surface area contributed by atoms with Gasteiger partial charge < -0.3 is 15.5 Å². The van der Waals surface area contributed by atoms with Crippen LogP contribution in [0, 0.1) is 6.92 Å². The fourth-order valence-corrected chi connectivity index (χ4v) is 3.66. The molecule has 1 atom stereocenters. The number of hydrogen-bond acceptors (Lipinski definition) is 6. The van der Waals surface area contributed by atoms with E-state index in [9.17, 15) is 0 Å². The summed E-state index contributed by atoms with van der Waals surface area (Å²) < 4.78 is 1.18. The van der Waals surface area contributed by atoms with E-state index in [2.05, 4.69) is 39.1 Å². The zero-order chi connectivity index (χ0) is 13.4. The molecule has 1 aliphatic heterocycles. The summed E-state index contributed by atoms with van der Waals surface area (Å²) in [6, 6.07) is 0.333. The SMILES string of the molecule is Cc1csc2c(N3CCN(C)CC3CN)ncnc12. The number of nitrogens with zero attached hydrogens (tertiary/aromatic N) is 4. The summed E-state index contributed by atoms with van der Waals surface area (Å²) in [5.41, 5.74) is 8.23. The van der Waals surface area contributed by atoms with Crippen LogP contribution >= 0.6 is 11.3 Å². The van der Waals surface area contributed by atoms with E-state index in [0.717, 1.165) is 31.0 Å². The number of likely N-dealkylation sites (N-methyl/N-ethyl adjacent to an activating group) is 1. The Labute approximate surface area is 117 Å². The standard InChI is InChI=1S/C13H19N5S/c1-9-7-19-12-11(9)15-8-16-13(12)18-4-3-17(2)6-10(18)5-14/h7-8,10H,3-6,14H2,1-2H3. The van der Waals surface area contributed by atoms with E-state index in [1.807, 2.05) is 0 Å². The number of rotatable bonds is 2. The van der Waals surface area contributed by atoms with Crippen molar-refractivity contribution in [1.29, 1.82) is 0 Å². The van der Waals surface area contributed by atoms with Crippen LogP contribution in [0.4, 0.5) is 5.82 Å². The van der Waals surface area contributed by atoms with Crippen molar-refractivity contribution in [3.8, 4) is 0 Å². The van der Waals surface area contributed by atoms with E-state index in [4.69, 9.17) is 5.73 Å². The van der Waals surface area contributed by atoms with Crippen molar-refractivity contribution in [2.45, 2.75) is 13.0 Å². The third-order valence-corrected chi connectivity index (χ3v) is 4.83. The van der Waals surface area contributed by atoms with Gasteiger partial charge in [0.25, 0.3) is 0 Å². The molecule has 2 aromatic heterocycles. The molecule has 1 unspecified atom stereocenters. The average molecular weight is 277 g/mol. The molecule has 0 amide bonds. The van der Waals surface area contributed by atoms with Crippen LogP contribution in [0.2, 0.25) is 0 Å². The Kier molecular flexibility index (Phi) is 3.38. The first-order valence-corrected chi connectivity index (χ1v) is 7.42. The zero-order valence-corrected chi connectivity index (χ0v) is 12.2. The molecule has 0 radical (unpaired) electrons. The normalized spacial score (nSPS) is 21.2. The summed E-state index contributed by atoms with van der Waals surface area (Å²) in [6.07, 6.45) is 1.67. The van der Waals surface area contributed by atoms with Crippen LogP contribution in [0.5, 0.6) is 0 Å². The molecule has 3 heterocycles. The number of anilines is 1. The Morgan fingerprint density at radius 3 is 3.05 bits per heavy atom. The van der Waals surface area contributed by atoms with Crippen molar-refractivity contribution < 1.29 is 0 Å². The van der Waals surface area contributed by atoms with Gasteiger partial charge in [0.1, 0.15) is 12.1 Å². The van der Waals surface area contributed by atoms with Crippen LogP contribution in [0.15, 0.2) is 11.7 Å². The quantitative estimate of drug-likeness (QED) is 0.890. The molecular weight excluding hydrogens is 258 g/mol. The number of piperazine rings is 1. The summed E-state index contributed by atoms with van der Waals surface area (Å²) in [5, 5.41) is 2.15. The molecule has 2 N–H and O–H groups in total. The van der Waals surface area contributed by atoms with Gasteiger partial charge >= 0.3 is 0 Å². The van der Waals surface area contributed by atoms with Crippen LogP contribution in [-0.2, 0) is 0 Å². The lowest BCUT2D eigenvalue weighted by atomic mass is 10.1. The highest BCUT2D eigenvalue weighted by molar-refractivity contribution is 7.18. The van der Waals surface area contributed by atoms with E-state index in [-0.39, 0.29) is 0 Å². The average Bonchev–Trinajstić information content (AvgIpc) is 2.81. The lowest BCUT2D eigenvalue weighted by Gasteiger charge is -2.40. The van der Waals surface area contributed by atoms with Crippen LogP contribution in [-0.4, -0.2) is 54.1 Å². The van der Waals surface area contributed by atoms with Crippen LogP contribution in [0.3, 0.4) is 0 Å². The number of nitrogens with two attached hydrogens (primary N) is 1. The van der Waals surface area contributed by atoms with Gasteiger partial charge in [-0.3, -0.25) is 0 Å². The van der Waals surface area contributed by atoms with Crippen molar-refractivity contribution in [2.75, 3.05) is 38.1 Å². The van der Waals surface area contributed by atoms with Gasteiger partial charge in [0.15, 0.2) is 0 Å². The molecule has 5 nitrogen and oxygen atoms in total. The van der Waals surface area contributed by atoms with Gasteiger partial charge in [0.2, 0.25) is 0 Å². The van der Waals surface area contributed by atoms with Crippen LogP contribution in [0.1, 0.15) is 5.56 Å². The summed E-state index contributed by atoms with van der Waals surface area (Å²) in [4.78, 5) is 13.6. The maximum Gasteiger partial charge on any atom is 0.150 e. The second-order valence-electron chi connectivity index (χ2n) is 5.14. The summed E-state index contributed by atoms with van der Waals surface area (Å²) in [7, 11) is 2.14. The molecule has 1 saturated heterocycles. The van der Waals surface area contributed by atoms with Gasteiger partial charge in [0.05, 0.1) is 16.3 Å². The molecule has 1 fully saturated rings. The Bertz CT molecular complexity index is 581. The molecule has 3 rings (SSSR count). The van der Waals surface area contributed by atoms with Gasteiger partial charge in [-0.2, -0.15) is 0 Å². The van der Waals surface area contributed by atoms with Crippen molar-refractivity contribution in [1.82, 2.24) is 14.9 Å². The van der Waals surface area contributed by atoms with Gasteiger partial charge in [-0.1, -0.05) is 0 Å². The summed E-state index contributed by atoms with van der Waals surface area (Å²) >= 11 is 1.73. The third-order valence-electron chi connectivity index (χ3n) is 3.74. The predicted octanol–water partition coefficient (Wildman–Crippen LogP) is 1.08. The number of aryl methyl sites for hydroxylation is 1. The van der Waals surface area contributed by atoms with Crippen molar-refractivity contribution in [3.63, 3.8) is 0 Å². The van der Waals surface area contributed by atoms with Gasteiger partial charge in [-0.05, 0) is 24.9 Å². The first-order valence-electron chi connectivity index (χ1n) is 6.54. The maximum atomic E-state index is 5.93. The Morgan fingerprint density at radius 1 is 1.42 bits per heavy atom. The van der Waals surface area contributed by atoms with E-state index in [1.165, 1.54) is 10.3 Å². The summed E-state index contributed by atoms with van der Waals surface area (Å²) in [6.45, 7) is 5.76. The smallest absolute Gasteiger partial charge is 0.150 e. The van der Waals surface area contributed by atoms with Crippen molar-refractivity contribution in [3.05, 3.63) is 17.3 Å². The predicted molar refractivity (Wildman–Crippen MR) is 79.8 cm³/mol. The minimum atomic E-state index is 0.333. The molecule has 0 saturated carbocycles. The van der Waals surface area contributed by atoms with E-state index in [1.54, 1.807) is 17.7 Å². The topological polar surface area (TPSA) is 58.3 Å². The van der Waals surface area contributed by atoms with Crippen molar-refractivity contribution >= 4 is 27.4 Å². The number of aromatic nitrogens is 2.